The number of nitrogens with one attached hydrogen (secondary N) is 1. The molecule has 1 N–H and O–H groups in total. The molecule has 2 aliphatic rings. The summed E-state index contributed by atoms with van der Waals surface area (Å²) in [5, 5.41) is 3.32. The van der Waals surface area contributed by atoms with Gasteiger partial charge in [-0.3, -0.25) is 4.90 Å². The Morgan fingerprint density at radius 3 is 2.80 bits per heavy atom. The number of morpholine rings is 1. The van der Waals surface area contributed by atoms with Crippen molar-refractivity contribution in [1.29, 1.82) is 0 Å². The molecule has 88 valence electrons. The maximum Gasteiger partial charge on any atom is 0.0594 e. The first-order valence-electron chi connectivity index (χ1n) is 6.36. The van der Waals surface area contributed by atoms with Gasteiger partial charge in [0.05, 0.1) is 13.2 Å². The molecular formula is C12H24N2O. The molecule has 0 radical (unpaired) electrons. The van der Waals surface area contributed by atoms with E-state index in [9.17, 15) is 0 Å². The van der Waals surface area contributed by atoms with E-state index in [4.69, 9.17) is 4.74 Å². The normalized spacial score (nSPS) is 34.2. The van der Waals surface area contributed by atoms with Crippen LogP contribution in [0.3, 0.4) is 0 Å². The van der Waals surface area contributed by atoms with Gasteiger partial charge in [0, 0.05) is 19.1 Å². The lowest BCUT2D eigenvalue weighted by atomic mass is 9.84. The molecule has 0 aromatic heterocycles. The molecule has 2 rings (SSSR count). The molecule has 0 spiro atoms. The molecule has 0 aromatic rings. The average molecular weight is 212 g/mol. The van der Waals surface area contributed by atoms with Crippen LogP contribution < -0.4 is 5.32 Å². The van der Waals surface area contributed by atoms with Crippen LogP contribution >= 0.6 is 0 Å². The largest absolute Gasteiger partial charge is 0.379 e. The quantitative estimate of drug-likeness (QED) is 0.758. The van der Waals surface area contributed by atoms with Crippen molar-refractivity contribution in [2.75, 3.05) is 39.9 Å². The smallest absolute Gasteiger partial charge is 0.0594 e. The number of ether oxygens (including phenoxy) is 1. The maximum absolute atomic E-state index is 5.41. The molecule has 1 aliphatic heterocycles. The van der Waals surface area contributed by atoms with Gasteiger partial charge in [-0.2, -0.15) is 0 Å². The molecule has 2 fully saturated rings. The number of hydrogen-bond donors (Lipinski definition) is 1. The second-order valence-electron chi connectivity index (χ2n) is 4.89. The highest BCUT2D eigenvalue weighted by Crippen LogP contribution is 2.27. The molecule has 1 saturated carbocycles. The topological polar surface area (TPSA) is 24.5 Å². The number of hydrogen-bond acceptors (Lipinski definition) is 3. The van der Waals surface area contributed by atoms with Gasteiger partial charge in [0.25, 0.3) is 0 Å². The van der Waals surface area contributed by atoms with Crippen molar-refractivity contribution in [2.24, 2.45) is 5.92 Å². The first kappa shape index (κ1) is 11.4. The summed E-state index contributed by atoms with van der Waals surface area (Å²) in [7, 11) is 2.07. The van der Waals surface area contributed by atoms with Crippen molar-refractivity contribution in [3.05, 3.63) is 0 Å². The fourth-order valence-corrected chi connectivity index (χ4v) is 3.01. The molecule has 1 saturated heterocycles. The van der Waals surface area contributed by atoms with Crippen LogP contribution in [0.1, 0.15) is 25.7 Å². The highest BCUT2D eigenvalue weighted by Gasteiger charge is 2.27. The van der Waals surface area contributed by atoms with Crippen LogP contribution in [0.5, 0.6) is 0 Å². The van der Waals surface area contributed by atoms with Gasteiger partial charge in [0.2, 0.25) is 0 Å². The third-order valence-electron chi connectivity index (χ3n) is 3.81. The minimum Gasteiger partial charge on any atom is -0.379 e. The lowest BCUT2D eigenvalue weighted by Gasteiger charge is -2.39. The average Bonchev–Trinajstić information content (AvgIpc) is 2.31. The van der Waals surface area contributed by atoms with Crippen LogP contribution in [-0.4, -0.2) is 50.8 Å². The van der Waals surface area contributed by atoms with E-state index in [-0.39, 0.29) is 0 Å². The number of nitrogens with zero attached hydrogens (tertiary/aromatic N) is 1. The number of rotatable bonds is 3. The molecule has 2 unspecified atom stereocenters. The zero-order valence-corrected chi connectivity index (χ0v) is 9.87. The summed E-state index contributed by atoms with van der Waals surface area (Å²) in [4.78, 5) is 2.64. The van der Waals surface area contributed by atoms with Crippen molar-refractivity contribution in [3.8, 4) is 0 Å². The summed E-state index contributed by atoms with van der Waals surface area (Å²) in [6, 6.07) is 0.834. The van der Waals surface area contributed by atoms with Gasteiger partial charge >= 0.3 is 0 Å². The van der Waals surface area contributed by atoms with E-state index in [0.717, 1.165) is 38.3 Å². The summed E-state index contributed by atoms with van der Waals surface area (Å²) in [6.07, 6.45) is 5.62. The predicted molar refractivity (Wildman–Crippen MR) is 62.1 cm³/mol. The van der Waals surface area contributed by atoms with Gasteiger partial charge in [0.1, 0.15) is 0 Å². The Hall–Kier alpha value is -0.120. The molecule has 15 heavy (non-hydrogen) atoms. The van der Waals surface area contributed by atoms with Crippen LogP contribution in [0.2, 0.25) is 0 Å². The van der Waals surface area contributed by atoms with E-state index in [1.165, 1.54) is 32.2 Å². The Balaban J connectivity index is 1.80. The summed E-state index contributed by atoms with van der Waals surface area (Å²) in [6.45, 7) is 5.37. The zero-order valence-electron chi connectivity index (χ0n) is 9.87. The molecule has 0 aromatic carbocycles. The Morgan fingerprint density at radius 1 is 1.27 bits per heavy atom. The van der Waals surface area contributed by atoms with Crippen LogP contribution in [0.4, 0.5) is 0 Å². The Bertz CT molecular complexity index is 178. The van der Waals surface area contributed by atoms with Crippen LogP contribution in [-0.2, 0) is 4.74 Å². The van der Waals surface area contributed by atoms with Crippen molar-refractivity contribution < 1.29 is 4.74 Å². The second kappa shape index (κ2) is 5.83. The van der Waals surface area contributed by atoms with E-state index in [1.807, 2.05) is 0 Å². The monoisotopic (exact) mass is 212 g/mol. The SMILES string of the molecule is CNCC1CCCC(N2CCOCC2)C1. The Morgan fingerprint density at radius 2 is 2.07 bits per heavy atom. The summed E-state index contributed by atoms with van der Waals surface area (Å²) in [5.41, 5.74) is 0. The molecule has 3 heteroatoms. The molecule has 3 nitrogen and oxygen atoms in total. The van der Waals surface area contributed by atoms with Crippen molar-refractivity contribution in [1.82, 2.24) is 10.2 Å². The van der Waals surface area contributed by atoms with Crippen LogP contribution in [0.15, 0.2) is 0 Å². The van der Waals surface area contributed by atoms with E-state index in [0.29, 0.717) is 0 Å². The lowest BCUT2D eigenvalue weighted by Crippen LogP contribution is -2.46. The summed E-state index contributed by atoms with van der Waals surface area (Å²) >= 11 is 0. The highest BCUT2D eigenvalue weighted by atomic mass is 16.5. The minimum atomic E-state index is 0.834. The van der Waals surface area contributed by atoms with Gasteiger partial charge in [0.15, 0.2) is 0 Å². The van der Waals surface area contributed by atoms with Gasteiger partial charge in [-0.15, -0.1) is 0 Å². The van der Waals surface area contributed by atoms with Gasteiger partial charge in [-0.1, -0.05) is 6.42 Å². The van der Waals surface area contributed by atoms with Crippen LogP contribution in [0, 0.1) is 5.92 Å². The molecule has 0 bridgehead atoms. The standard InChI is InChI=1S/C12H24N2O/c1-13-10-11-3-2-4-12(9-11)14-5-7-15-8-6-14/h11-13H,2-10H2,1H3. The van der Waals surface area contributed by atoms with Gasteiger partial charge in [-0.05, 0) is 38.8 Å². The summed E-state index contributed by atoms with van der Waals surface area (Å²) in [5.74, 6) is 0.900. The second-order valence-corrected chi connectivity index (χ2v) is 4.89. The van der Waals surface area contributed by atoms with Crippen LogP contribution in [0.25, 0.3) is 0 Å². The molecule has 2 atom stereocenters. The minimum absolute atomic E-state index is 0.834. The molecule has 1 aliphatic carbocycles. The molecule has 1 heterocycles. The van der Waals surface area contributed by atoms with Crippen molar-refractivity contribution >= 4 is 0 Å². The first-order chi connectivity index (χ1) is 7.40. The van der Waals surface area contributed by atoms with Gasteiger partial charge < -0.3 is 10.1 Å². The van der Waals surface area contributed by atoms with E-state index >= 15 is 0 Å². The predicted octanol–water partition coefficient (Wildman–Crippen LogP) is 1.10. The fraction of sp³-hybridized carbons (Fsp3) is 1.00. The van der Waals surface area contributed by atoms with E-state index in [2.05, 4.69) is 17.3 Å². The Labute approximate surface area is 93.2 Å². The lowest BCUT2D eigenvalue weighted by molar-refractivity contribution is 0.00308. The third kappa shape index (κ3) is 3.16. The molecule has 0 amide bonds. The summed E-state index contributed by atoms with van der Waals surface area (Å²) < 4.78 is 5.41. The third-order valence-corrected chi connectivity index (χ3v) is 3.81. The van der Waals surface area contributed by atoms with Gasteiger partial charge in [-0.25, -0.2) is 0 Å². The fourth-order valence-electron chi connectivity index (χ4n) is 3.01. The molecular weight excluding hydrogens is 188 g/mol. The highest BCUT2D eigenvalue weighted by molar-refractivity contribution is 4.82. The van der Waals surface area contributed by atoms with Crippen molar-refractivity contribution in [2.45, 2.75) is 31.7 Å². The zero-order chi connectivity index (χ0) is 10.5. The van der Waals surface area contributed by atoms with E-state index in [1.54, 1.807) is 0 Å². The van der Waals surface area contributed by atoms with Crippen molar-refractivity contribution in [3.63, 3.8) is 0 Å². The Kier molecular flexibility index (Phi) is 4.42. The first-order valence-corrected chi connectivity index (χ1v) is 6.36. The van der Waals surface area contributed by atoms with E-state index < -0.39 is 0 Å². The maximum atomic E-state index is 5.41.